The maximum absolute atomic E-state index is 2.46. The van der Waals surface area contributed by atoms with Crippen LogP contribution in [0.2, 0.25) is 6.04 Å². The lowest BCUT2D eigenvalue weighted by molar-refractivity contribution is 0.590. The van der Waals surface area contributed by atoms with E-state index in [2.05, 4.69) is 109 Å². The molecule has 0 nitrogen and oxygen atoms in total. The van der Waals surface area contributed by atoms with Crippen molar-refractivity contribution in [3.05, 3.63) is 94.0 Å². The van der Waals surface area contributed by atoms with Crippen molar-refractivity contribution in [2.24, 2.45) is 0 Å². The predicted molar refractivity (Wildman–Crippen MR) is 148 cm³/mol. The van der Waals surface area contributed by atoms with E-state index in [1.165, 1.54) is 11.6 Å². The molecule has 1 heteroatoms. The number of hydrogen-bond acceptors (Lipinski definition) is 0. The topological polar surface area (TPSA) is 0 Å². The molecule has 0 aliphatic carbocycles. The molecular weight excluding hydrogens is 412 g/mol. The average molecular weight is 455 g/mol. The fourth-order valence-corrected chi connectivity index (χ4v) is 13.0. The third-order valence-electron chi connectivity index (χ3n) is 8.03. The van der Waals surface area contributed by atoms with E-state index in [-0.39, 0.29) is 5.41 Å². The van der Waals surface area contributed by atoms with Crippen molar-refractivity contribution in [3.63, 3.8) is 0 Å². The summed E-state index contributed by atoms with van der Waals surface area (Å²) in [6, 6.07) is 25.3. The van der Waals surface area contributed by atoms with Crippen LogP contribution in [0.25, 0.3) is 0 Å². The molecule has 174 valence electrons. The second kappa shape index (κ2) is 9.26. The minimum absolute atomic E-state index is 0.199. The molecule has 0 spiro atoms. The molecule has 3 aromatic carbocycles. The van der Waals surface area contributed by atoms with Crippen molar-refractivity contribution in [1.82, 2.24) is 0 Å². The molecule has 0 radical (unpaired) electrons. The molecule has 1 fully saturated rings. The van der Waals surface area contributed by atoms with E-state index in [0.717, 1.165) is 25.7 Å². The first-order valence-electron chi connectivity index (χ1n) is 13.1. The minimum Gasteiger partial charge on any atom is -0.0617 e. The summed E-state index contributed by atoms with van der Waals surface area (Å²) in [7, 11) is -1.90. The average Bonchev–Trinajstić information content (AvgIpc) is 3.58. The summed E-state index contributed by atoms with van der Waals surface area (Å²) < 4.78 is 0. The Balaban J connectivity index is 1.97. The molecule has 0 saturated carbocycles. The summed E-state index contributed by atoms with van der Waals surface area (Å²) in [6.45, 7) is 16.3. The zero-order valence-electron chi connectivity index (χ0n) is 21.9. The van der Waals surface area contributed by atoms with Gasteiger partial charge in [-0.2, -0.15) is 0 Å². The normalized spacial score (nSPS) is 17.2. The van der Waals surface area contributed by atoms with Gasteiger partial charge >= 0.3 is 0 Å². The summed E-state index contributed by atoms with van der Waals surface area (Å²) in [5.41, 5.74) is 10.3. The van der Waals surface area contributed by atoms with Gasteiger partial charge in [0.25, 0.3) is 0 Å². The Bertz CT molecular complexity index is 1010. The number of hydrogen-bond donors (Lipinski definition) is 0. The number of aryl methyl sites for hydroxylation is 4. The second-order valence-electron chi connectivity index (χ2n) is 10.9. The largest absolute Gasteiger partial charge is 0.126 e. The predicted octanol–water partition coefficient (Wildman–Crippen LogP) is 7.13. The van der Waals surface area contributed by atoms with E-state index in [1.807, 2.05) is 0 Å². The van der Waals surface area contributed by atoms with Crippen LogP contribution in [-0.2, 0) is 31.1 Å². The van der Waals surface area contributed by atoms with E-state index in [9.17, 15) is 0 Å². The highest BCUT2D eigenvalue weighted by Crippen LogP contribution is 2.52. The van der Waals surface area contributed by atoms with Gasteiger partial charge in [-0.25, -0.2) is 0 Å². The summed E-state index contributed by atoms with van der Waals surface area (Å²) in [6.07, 6.45) is 4.51. The Morgan fingerprint density at radius 2 is 1.03 bits per heavy atom. The van der Waals surface area contributed by atoms with Crippen molar-refractivity contribution < 1.29 is 0 Å². The molecule has 4 rings (SSSR count). The minimum atomic E-state index is -1.90. The molecule has 1 aliphatic heterocycles. The number of rotatable bonds is 7. The van der Waals surface area contributed by atoms with Gasteiger partial charge in [-0.3, -0.25) is 0 Å². The molecule has 1 aliphatic rings. The summed E-state index contributed by atoms with van der Waals surface area (Å²) in [5, 5.41) is 3.55. The van der Waals surface area contributed by atoms with Gasteiger partial charge in [0.1, 0.15) is 8.07 Å². The Morgan fingerprint density at radius 1 is 0.636 bits per heavy atom. The Hall–Kier alpha value is -2.12. The standard InChI is InChI=1S/C32H42Si/c1-8-23-14-12-15-24(9-2)30(23)33(31-25(10-3)16-13-17-26(31)11-4)22-29(33)27-18-20-28(21-19-27)32(5,6)7/h12-21,29H,8-11,22H2,1-7H3. The van der Waals surface area contributed by atoms with Crippen molar-refractivity contribution in [3.8, 4) is 0 Å². The highest BCUT2D eigenvalue weighted by atomic mass is 28.3. The first-order chi connectivity index (χ1) is 15.8. The van der Waals surface area contributed by atoms with Gasteiger partial charge in [0.05, 0.1) is 0 Å². The summed E-state index contributed by atoms with van der Waals surface area (Å²) in [4.78, 5) is 0. The van der Waals surface area contributed by atoms with E-state index < -0.39 is 8.07 Å². The maximum Gasteiger partial charge on any atom is 0.126 e. The highest BCUT2D eigenvalue weighted by molar-refractivity contribution is 7.11. The lowest BCUT2D eigenvalue weighted by Gasteiger charge is -2.28. The van der Waals surface area contributed by atoms with Crippen LogP contribution in [0.15, 0.2) is 60.7 Å². The Labute approximate surface area is 203 Å². The quantitative estimate of drug-likeness (QED) is 0.333. The van der Waals surface area contributed by atoms with Crippen molar-refractivity contribution >= 4 is 18.4 Å². The van der Waals surface area contributed by atoms with Gasteiger partial charge in [0.2, 0.25) is 0 Å². The Morgan fingerprint density at radius 3 is 1.36 bits per heavy atom. The van der Waals surface area contributed by atoms with E-state index in [4.69, 9.17) is 0 Å². The third-order valence-corrected chi connectivity index (χ3v) is 13.4. The van der Waals surface area contributed by atoms with E-state index in [1.54, 1.807) is 38.2 Å². The second-order valence-corrected chi connectivity index (χ2v) is 15.0. The van der Waals surface area contributed by atoms with E-state index in [0.29, 0.717) is 5.54 Å². The van der Waals surface area contributed by atoms with Crippen LogP contribution in [0, 0.1) is 0 Å². The summed E-state index contributed by atoms with van der Waals surface area (Å²) >= 11 is 0. The van der Waals surface area contributed by atoms with Crippen LogP contribution < -0.4 is 10.4 Å². The first kappa shape index (κ1) is 24.0. The maximum atomic E-state index is 2.46. The molecule has 1 atom stereocenters. The number of benzene rings is 3. The van der Waals surface area contributed by atoms with E-state index >= 15 is 0 Å². The highest BCUT2D eigenvalue weighted by Gasteiger charge is 2.61. The van der Waals surface area contributed by atoms with Crippen LogP contribution in [0.4, 0.5) is 0 Å². The van der Waals surface area contributed by atoms with Gasteiger partial charge in [0.15, 0.2) is 0 Å². The molecule has 3 aromatic rings. The first-order valence-corrected chi connectivity index (χ1v) is 15.4. The third kappa shape index (κ3) is 4.14. The lowest BCUT2D eigenvalue weighted by Crippen LogP contribution is -2.53. The van der Waals surface area contributed by atoms with Crippen LogP contribution in [0.3, 0.4) is 0 Å². The lowest BCUT2D eigenvalue weighted by atomic mass is 9.86. The van der Waals surface area contributed by atoms with Crippen LogP contribution in [0.1, 0.15) is 87.4 Å². The van der Waals surface area contributed by atoms with Gasteiger partial charge < -0.3 is 0 Å². The fourth-order valence-electron chi connectivity index (χ4n) is 6.19. The molecular formula is C32H42Si. The zero-order chi connectivity index (χ0) is 23.8. The van der Waals surface area contributed by atoms with Crippen LogP contribution in [-0.4, -0.2) is 8.07 Å². The monoisotopic (exact) mass is 454 g/mol. The molecule has 0 bridgehead atoms. The SMILES string of the molecule is CCc1cccc(CC)c1[Si]1(c2c(CC)cccc2CC)CC1c1ccc(C(C)(C)C)cc1. The van der Waals surface area contributed by atoms with Gasteiger partial charge in [-0.05, 0) is 86.4 Å². The van der Waals surface area contributed by atoms with Crippen LogP contribution >= 0.6 is 0 Å². The smallest absolute Gasteiger partial charge is 0.0617 e. The molecule has 1 heterocycles. The molecule has 0 aromatic heterocycles. The molecule has 1 saturated heterocycles. The van der Waals surface area contributed by atoms with Crippen molar-refractivity contribution in [1.29, 1.82) is 0 Å². The van der Waals surface area contributed by atoms with Crippen molar-refractivity contribution in [2.75, 3.05) is 0 Å². The van der Waals surface area contributed by atoms with Gasteiger partial charge in [0, 0.05) is 0 Å². The zero-order valence-corrected chi connectivity index (χ0v) is 22.9. The molecule has 0 N–H and O–H groups in total. The molecule has 0 amide bonds. The fraction of sp³-hybridized carbons (Fsp3) is 0.438. The van der Waals surface area contributed by atoms with Gasteiger partial charge in [-0.15, -0.1) is 0 Å². The van der Waals surface area contributed by atoms with Crippen LogP contribution in [0.5, 0.6) is 0 Å². The molecule has 1 unspecified atom stereocenters. The summed E-state index contributed by atoms with van der Waals surface area (Å²) in [5.74, 6) is 0. The molecule has 33 heavy (non-hydrogen) atoms. The van der Waals surface area contributed by atoms with Crippen molar-refractivity contribution in [2.45, 2.75) is 91.1 Å². The van der Waals surface area contributed by atoms with Gasteiger partial charge in [-0.1, -0.05) is 109 Å². The Kier molecular flexibility index (Phi) is 6.74.